The summed E-state index contributed by atoms with van der Waals surface area (Å²) in [7, 11) is 0. The molecule has 5 heteroatoms. The van der Waals surface area contributed by atoms with Crippen LogP contribution in [0, 0.1) is 0 Å². The molecule has 0 radical (unpaired) electrons. The Kier molecular flexibility index (Phi) is 4.75. The van der Waals surface area contributed by atoms with E-state index in [4.69, 9.17) is 11.6 Å². The maximum Gasteiger partial charge on any atom is 0.109 e. The van der Waals surface area contributed by atoms with Gasteiger partial charge < -0.3 is 4.98 Å². The molecule has 0 aliphatic carbocycles. The van der Waals surface area contributed by atoms with Gasteiger partial charge in [-0.15, -0.1) is 0 Å². The third-order valence-corrected chi connectivity index (χ3v) is 4.37. The van der Waals surface area contributed by atoms with Crippen molar-refractivity contribution in [3.05, 3.63) is 95.3 Å². The van der Waals surface area contributed by atoms with Crippen LogP contribution in [0.25, 0.3) is 11.0 Å². The molecule has 0 saturated heterocycles. The van der Waals surface area contributed by atoms with E-state index in [0.717, 1.165) is 28.1 Å². The number of azo groups is 1. The van der Waals surface area contributed by atoms with Crippen molar-refractivity contribution in [2.24, 2.45) is 10.2 Å². The Morgan fingerprint density at radius 3 is 2.54 bits per heavy atom. The molecular formula is C21H17ClN4. The zero-order chi connectivity index (χ0) is 17.8. The first-order chi connectivity index (χ1) is 12.8. The second-order valence-corrected chi connectivity index (χ2v) is 6.46. The van der Waals surface area contributed by atoms with Crippen LogP contribution in [0.15, 0.2) is 89.1 Å². The van der Waals surface area contributed by atoms with E-state index in [2.05, 4.69) is 32.3 Å². The van der Waals surface area contributed by atoms with Crippen molar-refractivity contribution in [3.63, 3.8) is 0 Å². The van der Waals surface area contributed by atoms with Gasteiger partial charge in [0.2, 0.25) is 0 Å². The van der Waals surface area contributed by atoms with Gasteiger partial charge in [-0.05, 0) is 35.9 Å². The van der Waals surface area contributed by atoms with E-state index >= 15 is 0 Å². The fourth-order valence-corrected chi connectivity index (χ4v) is 3.05. The summed E-state index contributed by atoms with van der Waals surface area (Å²) < 4.78 is 0. The highest BCUT2D eigenvalue weighted by Crippen LogP contribution is 2.26. The van der Waals surface area contributed by atoms with E-state index < -0.39 is 0 Å². The van der Waals surface area contributed by atoms with E-state index in [1.54, 1.807) is 6.07 Å². The van der Waals surface area contributed by atoms with Gasteiger partial charge in [0.05, 0.1) is 16.7 Å². The van der Waals surface area contributed by atoms with Crippen molar-refractivity contribution in [2.75, 3.05) is 0 Å². The SMILES string of the molecule is Clc1cccc(N=NC(Cc2nc3ccccc3[nH]2)c2ccccc2)c1. The number of fused-ring (bicyclic) bond motifs is 1. The number of rotatable bonds is 5. The molecule has 0 saturated carbocycles. The molecular weight excluding hydrogens is 344 g/mol. The lowest BCUT2D eigenvalue weighted by Crippen LogP contribution is -2.01. The molecule has 0 aliphatic heterocycles. The van der Waals surface area contributed by atoms with Gasteiger partial charge >= 0.3 is 0 Å². The van der Waals surface area contributed by atoms with Crippen LogP contribution in [0.4, 0.5) is 5.69 Å². The topological polar surface area (TPSA) is 53.4 Å². The summed E-state index contributed by atoms with van der Waals surface area (Å²) >= 11 is 6.04. The highest BCUT2D eigenvalue weighted by Gasteiger charge is 2.14. The molecule has 1 aromatic heterocycles. The van der Waals surface area contributed by atoms with Crippen LogP contribution < -0.4 is 0 Å². The average molecular weight is 361 g/mol. The maximum atomic E-state index is 6.04. The van der Waals surface area contributed by atoms with E-state index in [9.17, 15) is 0 Å². The second-order valence-electron chi connectivity index (χ2n) is 6.03. The molecule has 0 bridgehead atoms. The van der Waals surface area contributed by atoms with Crippen molar-refractivity contribution in [1.82, 2.24) is 9.97 Å². The number of hydrogen-bond acceptors (Lipinski definition) is 3. The average Bonchev–Trinajstić information content (AvgIpc) is 3.08. The normalized spacial score (nSPS) is 12.7. The van der Waals surface area contributed by atoms with Crippen molar-refractivity contribution in [2.45, 2.75) is 12.5 Å². The zero-order valence-corrected chi connectivity index (χ0v) is 14.8. The Bertz CT molecular complexity index is 1010. The third-order valence-electron chi connectivity index (χ3n) is 4.13. The number of nitrogens with one attached hydrogen (secondary N) is 1. The van der Waals surface area contributed by atoms with Crippen LogP contribution in [-0.4, -0.2) is 9.97 Å². The molecule has 4 rings (SSSR count). The fourth-order valence-electron chi connectivity index (χ4n) is 2.86. The van der Waals surface area contributed by atoms with Crippen LogP contribution >= 0.6 is 11.6 Å². The molecule has 128 valence electrons. The number of aromatic amines is 1. The maximum absolute atomic E-state index is 6.04. The highest BCUT2D eigenvalue weighted by molar-refractivity contribution is 6.30. The van der Waals surface area contributed by atoms with E-state index in [0.29, 0.717) is 11.4 Å². The van der Waals surface area contributed by atoms with Crippen LogP contribution in [0.2, 0.25) is 5.02 Å². The Labute approximate surface area is 156 Å². The Hall–Kier alpha value is -2.98. The summed E-state index contributed by atoms with van der Waals surface area (Å²) in [4.78, 5) is 8.04. The second kappa shape index (κ2) is 7.50. The molecule has 0 aliphatic rings. The highest BCUT2D eigenvalue weighted by atomic mass is 35.5. The van der Waals surface area contributed by atoms with Crippen molar-refractivity contribution < 1.29 is 0 Å². The van der Waals surface area contributed by atoms with Gasteiger partial charge in [0, 0.05) is 11.4 Å². The summed E-state index contributed by atoms with van der Waals surface area (Å²) in [6, 6.07) is 25.4. The molecule has 0 amide bonds. The monoisotopic (exact) mass is 360 g/mol. The molecule has 4 nitrogen and oxygen atoms in total. The lowest BCUT2D eigenvalue weighted by atomic mass is 10.0. The minimum atomic E-state index is -0.129. The summed E-state index contributed by atoms with van der Waals surface area (Å²) in [5.74, 6) is 0.894. The number of benzene rings is 3. The number of hydrogen-bond donors (Lipinski definition) is 1. The zero-order valence-electron chi connectivity index (χ0n) is 14.0. The van der Waals surface area contributed by atoms with E-state index in [1.807, 2.05) is 60.7 Å². The van der Waals surface area contributed by atoms with Crippen molar-refractivity contribution >= 4 is 28.3 Å². The molecule has 4 aromatic rings. The van der Waals surface area contributed by atoms with Crippen molar-refractivity contribution in [3.8, 4) is 0 Å². The van der Waals surface area contributed by atoms with E-state index in [1.165, 1.54) is 0 Å². The Morgan fingerprint density at radius 2 is 1.73 bits per heavy atom. The van der Waals surface area contributed by atoms with Gasteiger partial charge in [-0.25, -0.2) is 4.98 Å². The first kappa shape index (κ1) is 16.5. The minimum Gasteiger partial charge on any atom is -0.342 e. The molecule has 26 heavy (non-hydrogen) atoms. The number of H-pyrrole nitrogens is 1. The molecule has 3 aromatic carbocycles. The third kappa shape index (κ3) is 3.81. The van der Waals surface area contributed by atoms with Gasteiger partial charge in [-0.3, -0.25) is 0 Å². The van der Waals surface area contributed by atoms with Gasteiger partial charge in [-0.1, -0.05) is 60.1 Å². The predicted octanol–water partition coefficient (Wildman–Crippen LogP) is 6.28. The number of nitrogens with zero attached hydrogens (tertiary/aromatic N) is 3. The molecule has 0 fully saturated rings. The fraction of sp³-hybridized carbons (Fsp3) is 0.0952. The number of halogens is 1. The Morgan fingerprint density at radius 1 is 0.923 bits per heavy atom. The standard InChI is InChI=1S/C21H17ClN4/c22-16-9-6-10-17(13-16)25-26-20(15-7-2-1-3-8-15)14-21-23-18-11-4-5-12-19(18)24-21/h1-13,20H,14H2,(H,23,24). The summed E-state index contributed by atoms with van der Waals surface area (Å²) in [6.07, 6.45) is 0.642. The predicted molar refractivity (Wildman–Crippen MR) is 105 cm³/mol. The summed E-state index contributed by atoms with van der Waals surface area (Å²) in [6.45, 7) is 0. The smallest absolute Gasteiger partial charge is 0.109 e. The molecule has 1 heterocycles. The molecule has 0 spiro atoms. The molecule has 1 N–H and O–H groups in total. The molecule has 1 atom stereocenters. The lowest BCUT2D eigenvalue weighted by Gasteiger charge is -2.10. The largest absolute Gasteiger partial charge is 0.342 e. The number of imidazole rings is 1. The van der Waals surface area contributed by atoms with Crippen LogP contribution in [0.5, 0.6) is 0 Å². The number of aromatic nitrogens is 2. The van der Waals surface area contributed by atoms with Crippen LogP contribution in [0.1, 0.15) is 17.4 Å². The van der Waals surface area contributed by atoms with Gasteiger partial charge in [0.1, 0.15) is 11.9 Å². The summed E-state index contributed by atoms with van der Waals surface area (Å²) in [5, 5.41) is 9.62. The quantitative estimate of drug-likeness (QED) is 0.418. The van der Waals surface area contributed by atoms with Crippen molar-refractivity contribution in [1.29, 1.82) is 0 Å². The number of para-hydroxylation sites is 2. The summed E-state index contributed by atoms with van der Waals surface area (Å²) in [5.41, 5.74) is 3.82. The van der Waals surface area contributed by atoms with Crippen LogP contribution in [0.3, 0.4) is 0 Å². The van der Waals surface area contributed by atoms with Crippen LogP contribution in [-0.2, 0) is 6.42 Å². The minimum absolute atomic E-state index is 0.129. The first-order valence-electron chi connectivity index (χ1n) is 8.43. The van der Waals surface area contributed by atoms with E-state index in [-0.39, 0.29) is 6.04 Å². The van der Waals surface area contributed by atoms with Gasteiger partial charge in [0.25, 0.3) is 0 Å². The Balaban J connectivity index is 1.64. The lowest BCUT2D eigenvalue weighted by molar-refractivity contribution is 0.664. The van der Waals surface area contributed by atoms with Gasteiger partial charge in [-0.2, -0.15) is 10.2 Å². The van der Waals surface area contributed by atoms with Gasteiger partial charge in [0.15, 0.2) is 0 Å². The first-order valence-corrected chi connectivity index (χ1v) is 8.81. The molecule has 1 unspecified atom stereocenters.